The predicted molar refractivity (Wildman–Crippen MR) is 96.7 cm³/mol. The molecule has 1 N–H and O–H groups in total. The molecule has 1 aliphatic carbocycles. The van der Waals surface area contributed by atoms with Gasteiger partial charge in [-0.1, -0.05) is 5.16 Å². The molecule has 2 heterocycles. The Bertz CT molecular complexity index is 892. The van der Waals surface area contributed by atoms with E-state index in [1.165, 1.54) is 9.80 Å². The molecule has 2 aromatic rings. The molecule has 1 saturated carbocycles. The van der Waals surface area contributed by atoms with Crippen molar-refractivity contribution in [2.24, 2.45) is 0 Å². The van der Waals surface area contributed by atoms with Crippen molar-refractivity contribution in [2.75, 3.05) is 24.3 Å². The van der Waals surface area contributed by atoms with Crippen LogP contribution < -0.4 is 15.0 Å². The number of hydrogen-bond donors (Lipinski definition) is 1. The van der Waals surface area contributed by atoms with Gasteiger partial charge >= 0.3 is 6.03 Å². The van der Waals surface area contributed by atoms with Gasteiger partial charge in [-0.05, 0) is 38.0 Å². The van der Waals surface area contributed by atoms with Gasteiger partial charge in [0, 0.05) is 25.7 Å². The van der Waals surface area contributed by atoms with E-state index in [9.17, 15) is 9.59 Å². The Kier molecular flexibility index (Phi) is 4.21. The Balaban J connectivity index is 1.42. The first kappa shape index (κ1) is 17.3. The number of carbonyl (C=O) groups excluding carboxylic acids is 2. The molecule has 9 nitrogen and oxygen atoms in total. The first-order valence-electron chi connectivity index (χ1n) is 8.85. The van der Waals surface area contributed by atoms with Gasteiger partial charge in [-0.25, -0.2) is 4.79 Å². The Morgan fingerprint density at radius 2 is 2.19 bits per heavy atom. The number of fused-ring (bicyclic) bond motifs is 1. The minimum absolute atomic E-state index is 0.133. The van der Waals surface area contributed by atoms with Crippen molar-refractivity contribution in [3.63, 3.8) is 0 Å². The van der Waals surface area contributed by atoms with Crippen LogP contribution in [0.25, 0.3) is 0 Å². The zero-order valence-corrected chi connectivity index (χ0v) is 15.4. The third-order valence-corrected chi connectivity index (χ3v) is 4.69. The summed E-state index contributed by atoms with van der Waals surface area (Å²) in [6.07, 6.45) is 1.63. The van der Waals surface area contributed by atoms with Crippen LogP contribution in [0.4, 0.5) is 16.2 Å². The lowest BCUT2D eigenvalue weighted by molar-refractivity contribution is -0.125. The van der Waals surface area contributed by atoms with Gasteiger partial charge in [0.1, 0.15) is 5.75 Å². The first-order chi connectivity index (χ1) is 12.9. The number of carbonyl (C=O) groups is 2. The summed E-state index contributed by atoms with van der Waals surface area (Å²) in [5.74, 6) is 1.98. The topological polar surface area (TPSA) is 101 Å². The van der Waals surface area contributed by atoms with Crippen molar-refractivity contribution in [1.82, 2.24) is 15.0 Å². The number of aromatic nitrogens is 2. The molecule has 1 atom stereocenters. The van der Waals surface area contributed by atoms with Crippen LogP contribution in [0.2, 0.25) is 0 Å². The number of likely N-dealkylation sites (N-methyl/N-ethyl adjacent to an activating group) is 1. The third-order valence-electron chi connectivity index (χ3n) is 4.69. The van der Waals surface area contributed by atoms with Crippen molar-refractivity contribution in [2.45, 2.75) is 38.3 Å². The molecule has 2 aliphatic rings. The monoisotopic (exact) mass is 371 g/mol. The van der Waals surface area contributed by atoms with Crippen LogP contribution in [-0.2, 0) is 11.3 Å². The van der Waals surface area contributed by atoms with E-state index >= 15 is 0 Å². The number of amides is 3. The van der Waals surface area contributed by atoms with Gasteiger partial charge in [0.2, 0.25) is 5.89 Å². The summed E-state index contributed by atoms with van der Waals surface area (Å²) in [6, 6.07) is 4.88. The molecule has 0 bridgehead atoms. The standard InChI is InChI=1S/C18H21N5O4/c1-10-17(24)23(3)13-8-12(6-7-14(13)26-10)19-18(25)22(2)9-15-20-16(27-21-15)11-4-5-11/h6-8,10-11H,4-5,9H2,1-3H3,(H,19,25)/t10-/m1/s1. The van der Waals surface area contributed by atoms with Crippen molar-refractivity contribution >= 4 is 23.3 Å². The first-order valence-corrected chi connectivity index (χ1v) is 8.85. The molecule has 1 fully saturated rings. The fraction of sp³-hybridized carbons (Fsp3) is 0.444. The molecule has 1 aliphatic heterocycles. The summed E-state index contributed by atoms with van der Waals surface area (Å²) in [6.45, 7) is 1.95. The number of ether oxygens (including phenoxy) is 1. The molecule has 0 saturated heterocycles. The SMILES string of the molecule is C[C@H]1Oc2ccc(NC(=O)N(C)Cc3noc(C4CC4)n3)cc2N(C)C1=O. The highest BCUT2D eigenvalue weighted by Crippen LogP contribution is 2.39. The second-order valence-electron chi connectivity index (χ2n) is 6.95. The van der Waals surface area contributed by atoms with Crippen LogP contribution in [0.1, 0.15) is 37.4 Å². The molecule has 4 rings (SSSR count). The molecule has 0 radical (unpaired) electrons. The van der Waals surface area contributed by atoms with Crippen molar-refractivity contribution in [3.05, 3.63) is 29.9 Å². The zero-order chi connectivity index (χ0) is 19.1. The molecule has 0 spiro atoms. The van der Waals surface area contributed by atoms with Crippen LogP contribution in [0.3, 0.4) is 0 Å². The smallest absolute Gasteiger partial charge is 0.321 e. The van der Waals surface area contributed by atoms with Gasteiger partial charge in [-0.3, -0.25) is 4.79 Å². The van der Waals surface area contributed by atoms with Gasteiger partial charge in [0.05, 0.1) is 12.2 Å². The van der Waals surface area contributed by atoms with E-state index < -0.39 is 6.10 Å². The molecule has 3 amide bonds. The third kappa shape index (κ3) is 3.44. The van der Waals surface area contributed by atoms with Gasteiger partial charge in [-0.15, -0.1) is 0 Å². The van der Waals surface area contributed by atoms with E-state index in [2.05, 4.69) is 15.5 Å². The second kappa shape index (κ2) is 6.57. The number of benzene rings is 1. The maximum atomic E-state index is 12.5. The summed E-state index contributed by atoms with van der Waals surface area (Å²) >= 11 is 0. The van der Waals surface area contributed by atoms with Crippen LogP contribution in [0, 0.1) is 0 Å². The lowest BCUT2D eigenvalue weighted by Gasteiger charge is -2.30. The molecule has 27 heavy (non-hydrogen) atoms. The highest BCUT2D eigenvalue weighted by molar-refractivity contribution is 6.00. The number of anilines is 2. The number of nitrogens with one attached hydrogen (secondary N) is 1. The Labute approximate surface area is 156 Å². The van der Waals surface area contributed by atoms with Gasteiger partial charge in [0.15, 0.2) is 11.9 Å². The van der Waals surface area contributed by atoms with E-state index in [0.717, 1.165) is 12.8 Å². The molecular weight excluding hydrogens is 350 g/mol. The average Bonchev–Trinajstić information content (AvgIpc) is 3.40. The zero-order valence-electron chi connectivity index (χ0n) is 15.4. The van der Waals surface area contributed by atoms with E-state index in [0.29, 0.717) is 34.8 Å². The largest absolute Gasteiger partial charge is 0.479 e. The van der Waals surface area contributed by atoms with Crippen molar-refractivity contribution in [1.29, 1.82) is 0 Å². The maximum Gasteiger partial charge on any atom is 0.321 e. The van der Waals surface area contributed by atoms with Crippen LogP contribution >= 0.6 is 0 Å². The van der Waals surface area contributed by atoms with Gasteiger partial charge in [-0.2, -0.15) is 4.98 Å². The molecule has 1 aromatic carbocycles. The molecule has 142 valence electrons. The van der Waals surface area contributed by atoms with Crippen molar-refractivity contribution < 1.29 is 18.8 Å². The number of nitrogens with zero attached hydrogens (tertiary/aromatic N) is 4. The lowest BCUT2D eigenvalue weighted by atomic mass is 10.2. The molecular formula is C18H21N5O4. The fourth-order valence-electron chi connectivity index (χ4n) is 2.92. The number of rotatable bonds is 4. The lowest BCUT2D eigenvalue weighted by Crippen LogP contribution is -2.42. The van der Waals surface area contributed by atoms with E-state index in [4.69, 9.17) is 9.26 Å². The van der Waals surface area contributed by atoms with E-state index in [1.54, 1.807) is 39.2 Å². The maximum absolute atomic E-state index is 12.5. The summed E-state index contributed by atoms with van der Waals surface area (Å²) in [4.78, 5) is 31.8. The second-order valence-corrected chi connectivity index (χ2v) is 6.95. The minimum Gasteiger partial charge on any atom is -0.479 e. The highest BCUT2D eigenvalue weighted by Gasteiger charge is 2.30. The van der Waals surface area contributed by atoms with E-state index in [-0.39, 0.29) is 18.5 Å². The van der Waals surface area contributed by atoms with E-state index in [1.807, 2.05) is 0 Å². The average molecular weight is 371 g/mol. The Hall–Kier alpha value is -3.10. The van der Waals surface area contributed by atoms with Crippen molar-refractivity contribution in [3.8, 4) is 5.75 Å². The molecule has 9 heteroatoms. The van der Waals surface area contributed by atoms with Crippen LogP contribution in [0.5, 0.6) is 5.75 Å². The molecule has 0 unspecified atom stereocenters. The Morgan fingerprint density at radius 3 is 2.93 bits per heavy atom. The van der Waals surface area contributed by atoms with Gasteiger partial charge in [0.25, 0.3) is 5.91 Å². The number of urea groups is 1. The normalized spacial score (nSPS) is 18.7. The fourth-order valence-corrected chi connectivity index (χ4v) is 2.92. The summed E-state index contributed by atoms with van der Waals surface area (Å²) in [5.41, 5.74) is 1.18. The van der Waals surface area contributed by atoms with Crippen LogP contribution in [0.15, 0.2) is 22.7 Å². The minimum atomic E-state index is -0.524. The highest BCUT2D eigenvalue weighted by atomic mass is 16.5. The summed E-state index contributed by atoms with van der Waals surface area (Å²) in [7, 11) is 3.34. The van der Waals surface area contributed by atoms with Crippen LogP contribution in [-0.4, -0.2) is 47.2 Å². The Morgan fingerprint density at radius 1 is 1.41 bits per heavy atom. The predicted octanol–water partition coefficient (Wildman–Crippen LogP) is 2.35. The summed E-state index contributed by atoms with van der Waals surface area (Å²) in [5, 5.41) is 6.73. The van der Waals surface area contributed by atoms with Gasteiger partial charge < -0.3 is 24.4 Å². The quantitative estimate of drug-likeness (QED) is 0.885. The summed E-state index contributed by atoms with van der Waals surface area (Å²) < 4.78 is 10.8. The molecule has 1 aromatic heterocycles. The number of hydrogen-bond acceptors (Lipinski definition) is 6.